The van der Waals surface area contributed by atoms with E-state index in [0.29, 0.717) is 37.3 Å². The van der Waals surface area contributed by atoms with Crippen LogP contribution in [0, 0.1) is 0 Å². The molecule has 4 rings (SSSR count). The van der Waals surface area contributed by atoms with E-state index in [9.17, 15) is 17.1 Å². The first-order chi connectivity index (χ1) is 19.3. The molecule has 207 valence electrons. The summed E-state index contributed by atoms with van der Waals surface area (Å²) in [5.74, 6) is -0.0107. The summed E-state index contributed by atoms with van der Waals surface area (Å²) in [7, 11) is -0.829. The van der Waals surface area contributed by atoms with E-state index < -0.39 is 27.3 Å². The molecule has 0 saturated carbocycles. The van der Waals surface area contributed by atoms with Gasteiger partial charge in [0.1, 0.15) is 12.1 Å². The number of amidine groups is 1. The third-order valence-electron chi connectivity index (χ3n) is 6.35. The van der Waals surface area contributed by atoms with Crippen molar-refractivity contribution >= 4 is 57.6 Å². The molecule has 1 aliphatic heterocycles. The number of hydrogen-bond acceptors (Lipinski definition) is 6. The summed E-state index contributed by atoms with van der Waals surface area (Å²) in [6, 6.07) is 22.4. The predicted molar refractivity (Wildman–Crippen MR) is 160 cm³/mol. The lowest BCUT2D eigenvalue weighted by Crippen LogP contribution is -2.39. The molecule has 0 aliphatic carbocycles. The summed E-state index contributed by atoms with van der Waals surface area (Å²) in [5.41, 5.74) is 2.99. The minimum absolute atomic E-state index is 0.0107. The minimum atomic E-state index is -4.17. The van der Waals surface area contributed by atoms with Gasteiger partial charge in [-0.15, -0.1) is 0 Å². The van der Waals surface area contributed by atoms with E-state index in [0.717, 1.165) is 16.8 Å². The van der Waals surface area contributed by atoms with Crippen molar-refractivity contribution in [3.05, 3.63) is 101 Å². The number of carbonyl (C=O) groups is 1. The number of rotatable bonds is 10. The first-order valence-corrected chi connectivity index (χ1v) is 15.1. The van der Waals surface area contributed by atoms with Gasteiger partial charge in [0, 0.05) is 36.8 Å². The molecular weight excluding hydrogens is 572 g/mol. The molecule has 1 heterocycles. The van der Waals surface area contributed by atoms with Gasteiger partial charge in [0.15, 0.2) is 0 Å². The minimum Gasteiger partial charge on any atom is -0.385 e. The summed E-state index contributed by atoms with van der Waals surface area (Å²) < 4.78 is 48.6. The van der Waals surface area contributed by atoms with Crippen LogP contribution in [0.1, 0.15) is 40.2 Å². The van der Waals surface area contributed by atoms with Crippen LogP contribution in [0.15, 0.2) is 93.3 Å². The summed E-state index contributed by atoms with van der Waals surface area (Å²) in [6.45, 7) is 0.945. The van der Waals surface area contributed by atoms with Crippen LogP contribution in [-0.2, 0) is 14.8 Å². The van der Waals surface area contributed by atoms with Crippen molar-refractivity contribution in [2.24, 2.45) is 9.50 Å². The van der Waals surface area contributed by atoms with Gasteiger partial charge in [-0.3, -0.25) is 9.80 Å². The smallest absolute Gasteiger partial charge is 0.283 e. The number of hydrogen-bond donors (Lipinski definition) is 0. The second-order valence-corrected chi connectivity index (χ2v) is 11.6. The summed E-state index contributed by atoms with van der Waals surface area (Å²) >= 11 is 5.71. The van der Waals surface area contributed by atoms with Gasteiger partial charge in [-0.05, 0) is 60.4 Å². The quantitative estimate of drug-likeness (QED) is 0.120. The maximum Gasteiger partial charge on any atom is 0.283 e. The van der Waals surface area contributed by atoms with Gasteiger partial charge in [-0.25, -0.2) is 0 Å². The molecule has 3 aromatic rings. The average molecular weight is 599 g/mol. The molecule has 1 atom stereocenters. The van der Waals surface area contributed by atoms with Crippen LogP contribution in [0.4, 0.5) is 3.89 Å². The predicted octanol–water partition coefficient (Wildman–Crippen LogP) is 6.20. The van der Waals surface area contributed by atoms with Crippen LogP contribution in [0.2, 0.25) is 11.3 Å². The van der Waals surface area contributed by atoms with Crippen LogP contribution >= 0.6 is 23.7 Å². The molecule has 0 fully saturated rings. The van der Waals surface area contributed by atoms with Gasteiger partial charge >= 0.3 is 0 Å². The van der Waals surface area contributed by atoms with Gasteiger partial charge < -0.3 is 4.74 Å². The Kier molecular flexibility index (Phi) is 10.5. The molecule has 0 spiro atoms. The first-order valence-electron chi connectivity index (χ1n) is 12.6. The molecule has 7 nitrogen and oxygen atoms in total. The van der Waals surface area contributed by atoms with Crippen molar-refractivity contribution in [3.8, 4) is 0 Å². The van der Waals surface area contributed by atoms with Crippen LogP contribution in [-0.4, -0.2) is 57.5 Å². The number of halogens is 2. The summed E-state index contributed by atoms with van der Waals surface area (Å²) in [6.07, 6.45) is 1.86. The van der Waals surface area contributed by atoms with E-state index in [4.69, 9.17) is 21.4 Å². The van der Waals surface area contributed by atoms with E-state index in [2.05, 4.69) is 16.5 Å². The van der Waals surface area contributed by atoms with Gasteiger partial charge in [0.2, 0.25) is 7.28 Å². The number of nitrogens with zero attached hydrogens (tertiary/aromatic N) is 3. The molecule has 1 aliphatic rings. The van der Waals surface area contributed by atoms with Crippen LogP contribution < -0.4 is 0 Å². The second kappa shape index (κ2) is 14.1. The molecule has 1 unspecified atom stereocenters. The molecule has 0 bridgehead atoms. The monoisotopic (exact) mass is 598 g/mol. The van der Waals surface area contributed by atoms with Crippen molar-refractivity contribution in [3.63, 3.8) is 0 Å². The van der Waals surface area contributed by atoms with Crippen molar-refractivity contribution in [1.82, 2.24) is 5.01 Å². The Morgan fingerprint density at radius 2 is 1.82 bits per heavy atom. The Hall–Kier alpha value is -2.99. The number of ether oxygens (including phenoxy) is 1. The Bertz CT molecular complexity index is 1470. The number of sulfonamides is 1. The van der Waals surface area contributed by atoms with Crippen molar-refractivity contribution in [1.29, 1.82) is 0 Å². The molecule has 12 heteroatoms. The van der Waals surface area contributed by atoms with E-state index in [1.807, 2.05) is 30.3 Å². The zero-order chi connectivity index (χ0) is 28.5. The van der Waals surface area contributed by atoms with Gasteiger partial charge in [0.25, 0.3) is 15.1 Å². The van der Waals surface area contributed by atoms with Gasteiger partial charge in [-0.1, -0.05) is 60.4 Å². The van der Waals surface area contributed by atoms with Crippen LogP contribution in [0.5, 0.6) is 0 Å². The van der Waals surface area contributed by atoms with Crippen molar-refractivity contribution in [2.45, 2.75) is 30.0 Å². The molecule has 40 heavy (non-hydrogen) atoms. The molecule has 0 N–H and O–H groups in total. The van der Waals surface area contributed by atoms with Crippen LogP contribution in [0.25, 0.3) is 0 Å². The van der Waals surface area contributed by atoms with E-state index in [1.54, 1.807) is 31.5 Å². The van der Waals surface area contributed by atoms with E-state index >= 15 is 0 Å². The zero-order valence-electron chi connectivity index (χ0n) is 21.7. The summed E-state index contributed by atoms with van der Waals surface area (Å²) in [5, 5.41) is 6.34. The lowest BCUT2D eigenvalue weighted by molar-refractivity contribution is 0.108. The van der Waals surface area contributed by atoms with Gasteiger partial charge in [0.05, 0.1) is 16.3 Å². The molecule has 1 radical (unpaired) electrons. The highest BCUT2D eigenvalue weighted by Gasteiger charge is 2.29. The molecule has 3 aromatic carbocycles. The van der Waals surface area contributed by atoms with Crippen molar-refractivity contribution in [2.75, 3.05) is 20.3 Å². The molecular formula is C28H27BClFN3O4S2. The Balaban J connectivity index is 1.73. The third-order valence-corrected chi connectivity index (χ3v) is 8.27. The molecule has 0 aromatic heterocycles. The average Bonchev–Trinajstić information content (AvgIpc) is 2.99. The maximum absolute atomic E-state index is 13.3. The lowest BCUT2D eigenvalue weighted by atomic mass is 9.71. The molecule has 0 amide bonds. The fourth-order valence-electron chi connectivity index (χ4n) is 4.33. The number of carbonyl (C=O) groups excluding carboxylic acids is 1. The highest BCUT2D eigenvalue weighted by atomic mass is 35.5. The van der Waals surface area contributed by atoms with Crippen molar-refractivity contribution < 1.29 is 21.8 Å². The summed E-state index contributed by atoms with van der Waals surface area (Å²) in [4.78, 5) is 11.5. The maximum atomic E-state index is 13.3. The topological polar surface area (TPSA) is 88.4 Å². The van der Waals surface area contributed by atoms with Gasteiger partial charge in [-0.2, -0.15) is 21.8 Å². The highest BCUT2D eigenvalue weighted by Crippen LogP contribution is 2.30. The normalized spacial score (nSPS) is 16.0. The fourth-order valence-corrected chi connectivity index (χ4v) is 5.68. The lowest BCUT2D eigenvalue weighted by Gasteiger charge is -2.32. The number of benzene rings is 3. The third kappa shape index (κ3) is 7.60. The highest BCUT2D eigenvalue weighted by molar-refractivity contribution is 8.09. The van der Waals surface area contributed by atoms with E-state index in [-0.39, 0.29) is 22.1 Å². The number of methoxy groups -OCH3 is 1. The second-order valence-electron chi connectivity index (χ2n) is 9.02. The van der Waals surface area contributed by atoms with E-state index in [1.165, 1.54) is 24.3 Å². The zero-order valence-corrected chi connectivity index (χ0v) is 24.1. The Labute approximate surface area is 244 Å². The fraction of sp³-hybridized carbons (Fsp3) is 0.250. The largest absolute Gasteiger partial charge is 0.385 e. The number of hydrazone groups is 1. The standard InChI is InChI=1S/C28H27BClFN3O4S2/c1-38-19-5-17-29-28(33-40(36,37)24-14-10-22(11-15-24)27(35)39-31)34-18-16-25(20-6-3-2-4-7-20)26(32-34)21-8-12-23(30)13-9-21/h2-4,6-15,25H,5,16-19H2,1H3/b33-28+. The Morgan fingerprint density at radius 1 is 1.12 bits per heavy atom. The van der Waals surface area contributed by atoms with Crippen LogP contribution in [0.3, 0.4) is 0 Å². The SMILES string of the molecule is COCCC[B]/C(=N\S(=O)(=O)c1ccc(C(=O)SF)cc1)N1CCC(c2ccccc2)C(c2ccc(Cl)cc2)=N1. The molecule has 0 saturated heterocycles. The first kappa shape index (κ1) is 30.0. The Morgan fingerprint density at radius 3 is 2.48 bits per heavy atom.